The van der Waals surface area contributed by atoms with Gasteiger partial charge in [0.25, 0.3) is 0 Å². The van der Waals surface area contributed by atoms with Crippen LogP contribution >= 0.6 is 0 Å². The molecule has 4 nitrogen and oxygen atoms in total. The predicted molar refractivity (Wildman–Crippen MR) is 79.6 cm³/mol. The first-order valence-corrected chi connectivity index (χ1v) is 8.00. The van der Waals surface area contributed by atoms with E-state index in [0.29, 0.717) is 13.0 Å². The second-order valence-electron chi connectivity index (χ2n) is 5.35. The molecule has 0 spiro atoms. The number of carbonyl (C=O) groups excluding carboxylic acids is 1. The van der Waals surface area contributed by atoms with Gasteiger partial charge in [-0.3, -0.25) is 9.59 Å². The number of unbranched alkanes of at least 4 members (excludes halogenated alkanes) is 4. The SMILES string of the molecule is CCCCOC(=O)CCCCCCC(CCC)C(=O)O. The van der Waals surface area contributed by atoms with E-state index < -0.39 is 5.97 Å². The number of esters is 1. The number of carboxylic acids is 1. The van der Waals surface area contributed by atoms with Gasteiger partial charge in [0, 0.05) is 6.42 Å². The van der Waals surface area contributed by atoms with E-state index in [9.17, 15) is 9.59 Å². The summed E-state index contributed by atoms with van der Waals surface area (Å²) in [6.45, 7) is 4.61. The van der Waals surface area contributed by atoms with E-state index in [4.69, 9.17) is 9.84 Å². The van der Waals surface area contributed by atoms with Gasteiger partial charge in [0.05, 0.1) is 12.5 Å². The predicted octanol–water partition coefficient (Wildman–Crippen LogP) is 4.17. The number of carboxylic acid groups (broad SMARTS) is 1. The molecule has 0 saturated carbocycles. The molecule has 0 aliphatic heterocycles. The van der Waals surface area contributed by atoms with Crippen molar-refractivity contribution in [1.82, 2.24) is 0 Å². The molecule has 0 fully saturated rings. The first-order valence-electron chi connectivity index (χ1n) is 8.00. The van der Waals surface area contributed by atoms with E-state index in [0.717, 1.165) is 57.8 Å². The van der Waals surface area contributed by atoms with Crippen LogP contribution in [0, 0.1) is 5.92 Å². The number of ether oxygens (including phenoxy) is 1. The molecule has 0 radical (unpaired) electrons. The molecule has 118 valence electrons. The Labute approximate surface area is 122 Å². The Morgan fingerprint density at radius 3 is 2.25 bits per heavy atom. The minimum atomic E-state index is -0.675. The lowest BCUT2D eigenvalue weighted by atomic mass is 9.96. The molecule has 1 atom stereocenters. The van der Waals surface area contributed by atoms with Crippen molar-refractivity contribution in [2.75, 3.05) is 6.61 Å². The fourth-order valence-electron chi connectivity index (χ4n) is 2.16. The summed E-state index contributed by atoms with van der Waals surface area (Å²) in [5.41, 5.74) is 0. The average Bonchev–Trinajstić information content (AvgIpc) is 2.41. The van der Waals surface area contributed by atoms with Crippen LogP contribution in [0.3, 0.4) is 0 Å². The highest BCUT2D eigenvalue weighted by Crippen LogP contribution is 2.16. The molecule has 1 unspecified atom stereocenters. The minimum Gasteiger partial charge on any atom is -0.481 e. The van der Waals surface area contributed by atoms with E-state index >= 15 is 0 Å². The summed E-state index contributed by atoms with van der Waals surface area (Å²) in [7, 11) is 0. The highest BCUT2D eigenvalue weighted by Gasteiger charge is 2.15. The summed E-state index contributed by atoms with van der Waals surface area (Å²) in [4.78, 5) is 22.3. The molecule has 0 heterocycles. The minimum absolute atomic E-state index is 0.104. The van der Waals surface area contributed by atoms with Gasteiger partial charge < -0.3 is 9.84 Å². The van der Waals surface area contributed by atoms with E-state index in [1.807, 2.05) is 6.92 Å². The summed E-state index contributed by atoms with van der Waals surface area (Å²) in [6.07, 6.45) is 8.63. The standard InChI is InChI=1S/C16H30O4/c1-3-5-13-20-15(17)12-9-7-6-8-11-14(10-4-2)16(18)19/h14H,3-13H2,1-2H3,(H,18,19). The summed E-state index contributed by atoms with van der Waals surface area (Å²) < 4.78 is 5.07. The second kappa shape index (κ2) is 12.9. The first-order chi connectivity index (χ1) is 9.61. The molecular weight excluding hydrogens is 256 g/mol. The van der Waals surface area contributed by atoms with Gasteiger partial charge in [-0.2, -0.15) is 0 Å². The Morgan fingerprint density at radius 2 is 1.65 bits per heavy atom. The van der Waals surface area contributed by atoms with Crippen molar-refractivity contribution in [3.05, 3.63) is 0 Å². The molecular formula is C16H30O4. The Hall–Kier alpha value is -1.06. The Kier molecular flexibility index (Phi) is 12.3. The average molecular weight is 286 g/mol. The van der Waals surface area contributed by atoms with Gasteiger partial charge in [-0.05, 0) is 25.7 Å². The zero-order chi connectivity index (χ0) is 15.2. The van der Waals surface area contributed by atoms with Crippen LogP contribution in [0.15, 0.2) is 0 Å². The van der Waals surface area contributed by atoms with E-state index in [1.54, 1.807) is 0 Å². The molecule has 20 heavy (non-hydrogen) atoms. The summed E-state index contributed by atoms with van der Waals surface area (Å²) >= 11 is 0. The van der Waals surface area contributed by atoms with Crippen LogP contribution in [0.4, 0.5) is 0 Å². The van der Waals surface area contributed by atoms with Crippen LogP contribution in [0.2, 0.25) is 0 Å². The monoisotopic (exact) mass is 286 g/mol. The maximum atomic E-state index is 11.3. The van der Waals surface area contributed by atoms with Gasteiger partial charge in [-0.25, -0.2) is 0 Å². The normalized spacial score (nSPS) is 12.1. The molecule has 4 heteroatoms. The van der Waals surface area contributed by atoms with Gasteiger partial charge in [0.2, 0.25) is 0 Å². The maximum absolute atomic E-state index is 11.3. The van der Waals surface area contributed by atoms with Gasteiger partial charge in [0.1, 0.15) is 0 Å². The van der Waals surface area contributed by atoms with E-state index in [2.05, 4.69) is 6.92 Å². The van der Waals surface area contributed by atoms with Crippen LogP contribution in [0.1, 0.15) is 78.1 Å². The van der Waals surface area contributed by atoms with Crippen molar-refractivity contribution in [2.45, 2.75) is 78.1 Å². The third-order valence-electron chi connectivity index (χ3n) is 3.43. The zero-order valence-corrected chi connectivity index (χ0v) is 13.0. The molecule has 0 amide bonds. The number of hydrogen-bond donors (Lipinski definition) is 1. The number of aliphatic carboxylic acids is 1. The van der Waals surface area contributed by atoms with Gasteiger partial charge in [0.15, 0.2) is 0 Å². The van der Waals surface area contributed by atoms with Gasteiger partial charge in [-0.15, -0.1) is 0 Å². The molecule has 0 aromatic heterocycles. The van der Waals surface area contributed by atoms with Crippen molar-refractivity contribution < 1.29 is 19.4 Å². The van der Waals surface area contributed by atoms with Crippen LogP contribution in [-0.2, 0) is 14.3 Å². The van der Waals surface area contributed by atoms with E-state index in [1.165, 1.54) is 0 Å². The van der Waals surface area contributed by atoms with Crippen LogP contribution in [-0.4, -0.2) is 23.7 Å². The largest absolute Gasteiger partial charge is 0.481 e. The lowest BCUT2D eigenvalue weighted by molar-refractivity contribution is -0.144. The molecule has 0 saturated heterocycles. The third kappa shape index (κ3) is 10.8. The lowest BCUT2D eigenvalue weighted by Gasteiger charge is -2.10. The molecule has 0 aliphatic rings. The second-order valence-corrected chi connectivity index (χ2v) is 5.35. The van der Waals surface area contributed by atoms with Crippen molar-refractivity contribution in [1.29, 1.82) is 0 Å². The third-order valence-corrected chi connectivity index (χ3v) is 3.43. The van der Waals surface area contributed by atoms with E-state index in [-0.39, 0.29) is 11.9 Å². The molecule has 1 N–H and O–H groups in total. The van der Waals surface area contributed by atoms with Crippen LogP contribution < -0.4 is 0 Å². The van der Waals surface area contributed by atoms with Crippen LogP contribution in [0.5, 0.6) is 0 Å². The molecule has 0 aromatic carbocycles. The number of rotatable bonds is 13. The molecule has 0 rings (SSSR count). The van der Waals surface area contributed by atoms with Crippen LogP contribution in [0.25, 0.3) is 0 Å². The quantitative estimate of drug-likeness (QED) is 0.407. The highest BCUT2D eigenvalue weighted by atomic mass is 16.5. The van der Waals surface area contributed by atoms with Crippen molar-refractivity contribution in [3.8, 4) is 0 Å². The Morgan fingerprint density at radius 1 is 0.950 bits per heavy atom. The Bertz CT molecular complexity index is 263. The maximum Gasteiger partial charge on any atom is 0.306 e. The number of carbonyl (C=O) groups is 2. The highest BCUT2D eigenvalue weighted by molar-refractivity contribution is 5.70. The lowest BCUT2D eigenvalue weighted by Crippen LogP contribution is -2.13. The summed E-state index contributed by atoms with van der Waals surface area (Å²) in [5, 5.41) is 9.02. The molecule has 0 aliphatic carbocycles. The summed E-state index contributed by atoms with van der Waals surface area (Å²) in [5.74, 6) is -0.974. The Balaban J connectivity index is 3.47. The van der Waals surface area contributed by atoms with Crippen molar-refractivity contribution in [3.63, 3.8) is 0 Å². The fraction of sp³-hybridized carbons (Fsp3) is 0.875. The smallest absolute Gasteiger partial charge is 0.306 e. The summed E-state index contributed by atoms with van der Waals surface area (Å²) in [6, 6.07) is 0. The molecule has 0 aromatic rings. The fourth-order valence-corrected chi connectivity index (χ4v) is 2.16. The zero-order valence-electron chi connectivity index (χ0n) is 13.0. The van der Waals surface area contributed by atoms with Crippen molar-refractivity contribution >= 4 is 11.9 Å². The number of hydrogen-bond acceptors (Lipinski definition) is 3. The van der Waals surface area contributed by atoms with Gasteiger partial charge in [-0.1, -0.05) is 46.0 Å². The first kappa shape index (κ1) is 18.9. The topological polar surface area (TPSA) is 63.6 Å². The van der Waals surface area contributed by atoms with Gasteiger partial charge >= 0.3 is 11.9 Å². The molecule has 0 bridgehead atoms. The van der Waals surface area contributed by atoms with Crippen molar-refractivity contribution in [2.24, 2.45) is 5.92 Å².